The molecule has 84 valence electrons. The standard InChI is InChI=1S/C11H13N3O2/c12-5-9-4-8(6-13-9)11(16)14-3-1-2-10(15)7-14/h4,6,10,13,15H,1-3,7H2. The third-order valence-electron chi connectivity index (χ3n) is 2.73. The zero-order valence-corrected chi connectivity index (χ0v) is 8.81. The number of aliphatic hydroxyl groups is 1. The van der Waals surface area contributed by atoms with Gasteiger partial charge in [-0.15, -0.1) is 0 Å². The second-order valence-corrected chi connectivity index (χ2v) is 3.96. The average molecular weight is 219 g/mol. The summed E-state index contributed by atoms with van der Waals surface area (Å²) in [5, 5.41) is 18.1. The van der Waals surface area contributed by atoms with E-state index in [0.717, 1.165) is 12.8 Å². The minimum atomic E-state index is -0.424. The Morgan fingerprint density at radius 1 is 1.69 bits per heavy atom. The van der Waals surface area contributed by atoms with Gasteiger partial charge in [-0.1, -0.05) is 0 Å². The molecule has 2 N–H and O–H groups in total. The molecule has 1 amide bonds. The van der Waals surface area contributed by atoms with Gasteiger partial charge in [-0.25, -0.2) is 0 Å². The molecule has 1 aromatic rings. The van der Waals surface area contributed by atoms with E-state index in [1.807, 2.05) is 6.07 Å². The van der Waals surface area contributed by atoms with Crippen molar-refractivity contribution >= 4 is 5.91 Å². The van der Waals surface area contributed by atoms with Crippen LogP contribution in [0.2, 0.25) is 0 Å². The Morgan fingerprint density at radius 2 is 2.50 bits per heavy atom. The summed E-state index contributed by atoms with van der Waals surface area (Å²) in [5.41, 5.74) is 0.853. The molecule has 5 nitrogen and oxygen atoms in total. The maximum atomic E-state index is 12.0. The highest BCUT2D eigenvalue weighted by Crippen LogP contribution is 2.14. The Bertz CT molecular complexity index is 433. The van der Waals surface area contributed by atoms with Crippen LogP contribution >= 0.6 is 0 Å². The van der Waals surface area contributed by atoms with E-state index in [-0.39, 0.29) is 5.91 Å². The molecule has 0 saturated carbocycles. The molecule has 0 aliphatic carbocycles. The Kier molecular flexibility index (Phi) is 2.93. The summed E-state index contributed by atoms with van der Waals surface area (Å²) in [5.74, 6) is -0.128. The summed E-state index contributed by atoms with van der Waals surface area (Å²) in [7, 11) is 0. The first kappa shape index (κ1) is 10.7. The smallest absolute Gasteiger partial charge is 0.255 e. The number of rotatable bonds is 1. The molecule has 16 heavy (non-hydrogen) atoms. The van der Waals surface area contributed by atoms with Gasteiger partial charge in [-0.3, -0.25) is 4.79 Å². The number of carbonyl (C=O) groups is 1. The predicted octanol–water partition coefficient (Wildman–Crippen LogP) is 0.483. The molecule has 0 bridgehead atoms. The van der Waals surface area contributed by atoms with Crippen LogP contribution in [0.3, 0.4) is 0 Å². The SMILES string of the molecule is N#Cc1cc(C(=O)N2CCCC(O)C2)c[nH]1. The lowest BCUT2D eigenvalue weighted by molar-refractivity contribution is 0.0474. The first-order chi connectivity index (χ1) is 7.70. The lowest BCUT2D eigenvalue weighted by Crippen LogP contribution is -2.42. The lowest BCUT2D eigenvalue weighted by atomic mass is 10.1. The number of amides is 1. The number of hydrogen-bond donors (Lipinski definition) is 2. The van der Waals surface area contributed by atoms with Crippen molar-refractivity contribution in [1.29, 1.82) is 5.26 Å². The van der Waals surface area contributed by atoms with E-state index < -0.39 is 6.10 Å². The van der Waals surface area contributed by atoms with E-state index >= 15 is 0 Å². The van der Waals surface area contributed by atoms with Crippen LogP contribution < -0.4 is 0 Å². The van der Waals surface area contributed by atoms with Crippen molar-refractivity contribution in [3.05, 3.63) is 23.5 Å². The number of nitrogens with one attached hydrogen (secondary N) is 1. The van der Waals surface area contributed by atoms with Gasteiger partial charge in [-0.2, -0.15) is 5.26 Å². The molecule has 5 heteroatoms. The fraction of sp³-hybridized carbons (Fsp3) is 0.455. The van der Waals surface area contributed by atoms with E-state index in [9.17, 15) is 9.90 Å². The highest BCUT2D eigenvalue weighted by atomic mass is 16.3. The normalized spacial score (nSPS) is 20.5. The Labute approximate surface area is 93.3 Å². The minimum Gasteiger partial charge on any atom is -0.391 e. The fourth-order valence-electron chi connectivity index (χ4n) is 1.90. The van der Waals surface area contributed by atoms with Gasteiger partial charge in [0.25, 0.3) is 5.91 Å². The van der Waals surface area contributed by atoms with Crippen LogP contribution in [-0.2, 0) is 0 Å². The second kappa shape index (κ2) is 4.37. The molecule has 1 aromatic heterocycles. The molecular formula is C11H13N3O2. The van der Waals surface area contributed by atoms with Gasteiger partial charge in [0.05, 0.1) is 11.7 Å². The Balaban J connectivity index is 2.09. The van der Waals surface area contributed by atoms with Crippen molar-refractivity contribution in [3.63, 3.8) is 0 Å². The topological polar surface area (TPSA) is 80.1 Å². The number of nitriles is 1. The zero-order valence-electron chi connectivity index (χ0n) is 8.81. The highest BCUT2D eigenvalue weighted by Gasteiger charge is 2.23. The summed E-state index contributed by atoms with van der Waals surface area (Å²) < 4.78 is 0. The Hall–Kier alpha value is -1.80. The number of likely N-dealkylation sites (tertiary alicyclic amines) is 1. The van der Waals surface area contributed by atoms with Crippen molar-refractivity contribution in [2.24, 2.45) is 0 Å². The Morgan fingerprint density at radius 3 is 3.12 bits per heavy atom. The van der Waals surface area contributed by atoms with Gasteiger partial charge in [-0.05, 0) is 18.9 Å². The van der Waals surface area contributed by atoms with Gasteiger partial charge in [0, 0.05) is 19.3 Å². The lowest BCUT2D eigenvalue weighted by Gasteiger charge is -2.29. The minimum absolute atomic E-state index is 0.128. The van der Waals surface area contributed by atoms with E-state index in [2.05, 4.69) is 4.98 Å². The number of aromatic nitrogens is 1. The van der Waals surface area contributed by atoms with Crippen LogP contribution in [-0.4, -0.2) is 40.1 Å². The van der Waals surface area contributed by atoms with E-state index in [0.29, 0.717) is 24.3 Å². The maximum absolute atomic E-state index is 12.0. The van der Waals surface area contributed by atoms with E-state index in [4.69, 9.17) is 5.26 Å². The van der Waals surface area contributed by atoms with Crippen molar-refractivity contribution in [1.82, 2.24) is 9.88 Å². The summed E-state index contributed by atoms with van der Waals surface area (Å²) >= 11 is 0. The van der Waals surface area contributed by atoms with E-state index in [1.165, 1.54) is 12.3 Å². The summed E-state index contributed by atoms with van der Waals surface area (Å²) in [6.45, 7) is 1.05. The molecule has 1 aliphatic heterocycles. The molecule has 1 atom stereocenters. The van der Waals surface area contributed by atoms with Crippen LogP contribution in [0, 0.1) is 11.3 Å². The van der Waals surface area contributed by atoms with Crippen LogP contribution in [0.4, 0.5) is 0 Å². The molecule has 0 spiro atoms. The summed E-state index contributed by atoms with van der Waals surface area (Å²) in [6, 6.07) is 3.47. The predicted molar refractivity (Wildman–Crippen MR) is 56.7 cm³/mol. The van der Waals surface area contributed by atoms with Gasteiger partial charge >= 0.3 is 0 Å². The van der Waals surface area contributed by atoms with Gasteiger partial charge in [0.15, 0.2) is 0 Å². The monoisotopic (exact) mass is 219 g/mol. The molecule has 1 aliphatic rings. The number of β-amino-alcohol motifs (C(OH)–C–C–N with tert-alkyl or cyclic N) is 1. The molecular weight excluding hydrogens is 206 g/mol. The molecule has 1 unspecified atom stereocenters. The highest BCUT2D eigenvalue weighted by molar-refractivity contribution is 5.94. The molecule has 1 fully saturated rings. The van der Waals surface area contributed by atoms with Crippen molar-refractivity contribution < 1.29 is 9.90 Å². The second-order valence-electron chi connectivity index (χ2n) is 3.96. The molecule has 2 heterocycles. The number of hydrogen-bond acceptors (Lipinski definition) is 3. The summed E-state index contributed by atoms with van der Waals surface area (Å²) in [6.07, 6.45) is 2.68. The zero-order chi connectivity index (χ0) is 11.5. The number of nitrogens with zero attached hydrogens (tertiary/aromatic N) is 2. The number of piperidine rings is 1. The van der Waals surface area contributed by atoms with Crippen LogP contribution in [0.1, 0.15) is 28.9 Å². The molecule has 0 aromatic carbocycles. The quantitative estimate of drug-likeness (QED) is 0.721. The molecule has 0 radical (unpaired) electrons. The average Bonchev–Trinajstić information content (AvgIpc) is 2.76. The van der Waals surface area contributed by atoms with E-state index in [1.54, 1.807) is 4.90 Å². The largest absolute Gasteiger partial charge is 0.391 e. The van der Waals surface area contributed by atoms with Gasteiger partial charge in [0.2, 0.25) is 0 Å². The number of H-pyrrole nitrogens is 1. The summed E-state index contributed by atoms with van der Waals surface area (Å²) in [4.78, 5) is 16.3. The molecule has 2 rings (SSSR count). The molecule has 1 saturated heterocycles. The van der Waals surface area contributed by atoms with Crippen molar-refractivity contribution in [3.8, 4) is 6.07 Å². The number of aromatic amines is 1. The van der Waals surface area contributed by atoms with Crippen LogP contribution in [0.5, 0.6) is 0 Å². The van der Waals surface area contributed by atoms with Crippen molar-refractivity contribution in [2.75, 3.05) is 13.1 Å². The fourth-order valence-corrected chi connectivity index (χ4v) is 1.90. The van der Waals surface area contributed by atoms with Gasteiger partial charge in [0.1, 0.15) is 11.8 Å². The van der Waals surface area contributed by atoms with Gasteiger partial charge < -0.3 is 15.0 Å². The van der Waals surface area contributed by atoms with Crippen LogP contribution in [0.15, 0.2) is 12.3 Å². The third kappa shape index (κ3) is 2.07. The first-order valence-electron chi connectivity index (χ1n) is 5.26. The first-order valence-corrected chi connectivity index (χ1v) is 5.26. The number of aliphatic hydroxyl groups excluding tert-OH is 1. The van der Waals surface area contributed by atoms with Crippen LogP contribution in [0.25, 0.3) is 0 Å². The van der Waals surface area contributed by atoms with Crippen molar-refractivity contribution in [2.45, 2.75) is 18.9 Å². The third-order valence-corrected chi connectivity index (χ3v) is 2.73. The maximum Gasteiger partial charge on any atom is 0.255 e. The number of carbonyl (C=O) groups excluding carboxylic acids is 1.